The van der Waals surface area contributed by atoms with E-state index in [1.165, 1.54) is 99.1 Å². The van der Waals surface area contributed by atoms with Crippen molar-refractivity contribution >= 4 is 17.1 Å². The fourth-order valence-corrected chi connectivity index (χ4v) is 9.24. The van der Waals surface area contributed by atoms with Crippen LogP contribution < -0.4 is 4.90 Å². The third kappa shape index (κ3) is 5.47. The van der Waals surface area contributed by atoms with Crippen LogP contribution in [0.15, 0.2) is 176 Å². The van der Waals surface area contributed by atoms with Crippen molar-refractivity contribution in [2.24, 2.45) is 0 Å². The van der Waals surface area contributed by atoms with Crippen LogP contribution in [0.1, 0.15) is 68.2 Å². The van der Waals surface area contributed by atoms with Gasteiger partial charge in [-0.2, -0.15) is 0 Å². The van der Waals surface area contributed by atoms with Gasteiger partial charge in [0.1, 0.15) is 0 Å². The van der Waals surface area contributed by atoms with Gasteiger partial charge in [0.05, 0.1) is 0 Å². The second-order valence-electron chi connectivity index (χ2n) is 15.3. The largest absolute Gasteiger partial charge is 0.310 e. The zero-order valence-corrected chi connectivity index (χ0v) is 30.2. The van der Waals surface area contributed by atoms with E-state index in [4.69, 9.17) is 0 Å². The molecule has 0 heterocycles. The molecule has 0 unspecified atom stereocenters. The molecule has 0 atom stereocenters. The van der Waals surface area contributed by atoms with Gasteiger partial charge in [-0.05, 0) is 105 Å². The molecule has 2 aliphatic rings. The van der Waals surface area contributed by atoms with E-state index >= 15 is 0 Å². The average Bonchev–Trinajstić information content (AvgIpc) is 3.45. The summed E-state index contributed by atoms with van der Waals surface area (Å²) in [6, 6.07) is 65.4. The number of benzene rings is 7. The quantitative estimate of drug-likeness (QED) is 0.163. The van der Waals surface area contributed by atoms with Crippen LogP contribution in [0.5, 0.6) is 0 Å². The van der Waals surface area contributed by atoms with Gasteiger partial charge < -0.3 is 4.90 Å². The Kier molecular flexibility index (Phi) is 8.16. The van der Waals surface area contributed by atoms with E-state index in [1.807, 2.05) is 0 Å². The lowest BCUT2D eigenvalue weighted by atomic mass is 9.65. The Balaban J connectivity index is 1.17. The number of fused-ring (bicyclic) bond motifs is 3. The first kappa shape index (κ1) is 32.3. The van der Waals surface area contributed by atoms with Crippen LogP contribution in [0.2, 0.25) is 0 Å². The lowest BCUT2D eigenvalue weighted by Crippen LogP contribution is -2.30. The minimum Gasteiger partial charge on any atom is -0.310 e. The van der Waals surface area contributed by atoms with Gasteiger partial charge in [0.15, 0.2) is 0 Å². The highest BCUT2D eigenvalue weighted by Gasteiger charge is 2.38. The third-order valence-corrected chi connectivity index (χ3v) is 12.0. The zero-order valence-electron chi connectivity index (χ0n) is 30.2. The molecule has 2 aliphatic carbocycles. The molecular weight excluding hydrogens is 627 g/mol. The summed E-state index contributed by atoms with van der Waals surface area (Å²) < 4.78 is 0. The number of rotatable bonds is 7. The Morgan fingerprint density at radius 2 is 0.942 bits per heavy atom. The van der Waals surface area contributed by atoms with E-state index in [0.29, 0.717) is 0 Å². The summed E-state index contributed by atoms with van der Waals surface area (Å²) in [6.07, 6.45) is 6.27. The molecule has 7 aromatic carbocycles. The lowest BCUT2D eigenvalue weighted by molar-refractivity contribution is 0.346. The molecule has 0 aliphatic heterocycles. The molecule has 0 saturated heterocycles. The maximum absolute atomic E-state index is 2.45. The molecule has 52 heavy (non-hydrogen) atoms. The molecule has 1 fully saturated rings. The number of hydrogen-bond donors (Lipinski definition) is 0. The van der Waals surface area contributed by atoms with Crippen LogP contribution in [0.4, 0.5) is 17.1 Å². The zero-order chi connectivity index (χ0) is 35.1. The summed E-state index contributed by atoms with van der Waals surface area (Å²) in [5.41, 5.74) is 16.8. The van der Waals surface area contributed by atoms with Crippen molar-refractivity contribution in [2.75, 3.05) is 4.90 Å². The molecule has 9 rings (SSSR count). The summed E-state index contributed by atoms with van der Waals surface area (Å²) >= 11 is 0. The highest BCUT2D eigenvalue weighted by Crippen LogP contribution is 2.54. The van der Waals surface area contributed by atoms with Gasteiger partial charge >= 0.3 is 0 Å². The Hall–Kier alpha value is -5.66. The second-order valence-corrected chi connectivity index (χ2v) is 15.3. The minimum absolute atomic E-state index is 0.0695. The molecular formula is C51H45N. The maximum Gasteiger partial charge on any atom is 0.0465 e. The van der Waals surface area contributed by atoms with Crippen molar-refractivity contribution < 1.29 is 0 Å². The molecule has 0 amide bonds. The first-order chi connectivity index (χ1) is 25.5. The monoisotopic (exact) mass is 671 g/mol. The number of nitrogens with zero attached hydrogens (tertiary/aromatic N) is 1. The first-order valence-corrected chi connectivity index (χ1v) is 19.0. The molecule has 1 heteroatoms. The normalized spacial score (nSPS) is 15.4. The molecule has 0 aromatic heterocycles. The van der Waals surface area contributed by atoms with Crippen molar-refractivity contribution in [3.63, 3.8) is 0 Å². The Labute approximate surface area is 309 Å². The van der Waals surface area contributed by atoms with Gasteiger partial charge in [-0.3, -0.25) is 0 Å². The van der Waals surface area contributed by atoms with Crippen molar-refractivity contribution in [3.05, 3.63) is 198 Å². The molecule has 0 N–H and O–H groups in total. The summed E-state index contributed by atoms with van der Waals surface area (Å²) in [4.78, 5) is 2.45. The second kappa shape index (κ2) is 13.1. The predicted molar refractivity (Wildman–Crippen MR) is 220 cm³/mol. The fourth-order valence-electron chi connectivity index (χ4n) is 9.24. The van der Waals surface area contributed by atoms with E-state index in [1.54, 1.807) is 0 Å². The van der Waals surface area contributed by atoms with Crippen LogP contribution in [-0.4, -0.2) is 0 Å². The highest BCUT2D eigenvalue weighted by molar-refractivity contribution is 5.94. The molecule has 254 valence electrons. The van der Waals surface area contributed by atoms with E-state index in [-0.39, 0.29) is 10.8 Å². The minimum atomic E-state index is -0.138. The van der Waals surface area contributed by atoms with Gasteiger partial charge in [-0.1, -0.05) is 173 Å². The highest BCUT2D eigenvalue weighted by atomic mass is 15.1. The predicted octanol–water partition coefficient (Wildman–Crippen LogP) is 14.0. The fraction of sp³-hybridized carbons (Fsp3) is 0.176. The van der Waals surface area contributed by atoms with Gasteiger partial charge in [0.2, 0.25) is 0 Å². The summed E-state index contributed by atoms with van der Waals surface area (Å²) in [6.45, 7) is 4.77. The Morgan fingerprint density at radius 1 is 0.404 bits per heavy atom. The smallest absolute Gasteiger partial charge is 0.0465 e. The van der Waals surface area contributed by atoms with E-state index < -0.39 is 0 Å². The molecule has 0 bridgehead atoms. The van der Waals surface area contributed by atoms with Gasteiger partial charge in [-0.25, -0.2) is 0 Å². The third-order valence-electron chi connectivity index (χ3n) is 12.0. The van der Waals surface area contributed by atoms with Crippen molar-refractivity contribution in [3.8, 4) is 33.4 Å². The summed E-state index contributed by atoms with van der Waals surface area (Å²) in [7, 11) is 0. The van der Waals surface area contributed by atoms with Crippen LogP contribution in [0, 0.1) is 0 Å². The van der Waals surface area contributed by atoms with Crippen molar-refractivity contribution in [1.82, 2.24) is 0 Å². The molecule has 0 radical (unpaired) electrons. The van der Waals surface area contributed by atoms with Crippen molar-refractivity contribution in [1.29, 1.82) is 0 Å². The van der Waals surface area contributed by atoms with Crippen LogP contribution in [0.25, 0.3) is 33.4 Å². The SMILES string of the molecule is CC1(C)c2cc(N(c3ccc(-c4ccccc4)cc3)c3ccc(C4(c5ccccc5)CCCCC4)cc3)ccc2-c2c(-c3ccccc3)cccc21. The Morgan fingerprint density at radius 3 is 1.60 bits per heavy atom. The summed E-state index contributed by atoms with van der Waals surface area (Å²) in [5.74, 6) is 0. The van der Waals surface area contributed by atoms with Crippen LogP contribution in [-0.2, 0) is 10.8 Å². The summed E-state index contributed by atoms with van der Waals surface area (Å²) in [5, 5.41) is 0. The molecule has 1 saturated carbocycles. The number of hydrogen-bond acceptors (Lipinski definition) is 1. The topological polar surface area (TPSA) is 3.24 Å². The lowest BCUT2D eigenvalue weighted by Gasteiger charge is -2.39. The van der Waals surface area contributed by atoms with E-state index in [0.717, 1.165) is 5.69 Å². The molecule has 1 nitrogen and oxygen atoms in total. The maximum atomic E-state index is 2.45. The van der Waals surface area contributed by atoms with E-state index in [9.17, 15) is 0 Å². The van der Waals surface area contributed by atoms with Gasteiger partial charge in [0.25, 0.3) is 0 Å². The van der Waals surface area contributed by atoms with Crippen LogP contribution in [0.3, 0.4) is 0 Å². The van der Waals surface area contributed by atoms with E-state index in [2.05, 4.69) is 195 Å². The first-order valence-electron chi connectivity index (χ1n) is 19.0. The van der Waals surface area contributed by atoms with Gasteiger partial charge in [0, 0.05) is 27.9 Å². The molecule has 7 aromatic rings. The van der Waals surface area contributed by atoms with Crippen LogP contribution >= 0.6 is 0 Å². The van der Waals surface area contributed by atoms with Gasteiger partial charge in [-0.15, -0.1) is 0 Å². The number of anilines is 3. The van der Waals surface area contributed by atoms with Crippen molar-refractivity contribution in [2.45, 2.75) is 56.8 Å². The standard InChI is InChI=1S/C51H45N/c1-50(2)47-23-15-22-45(39-18-9-4-10-19-39)49(47)46-33-32-44(36-48(46)50)52(42-28-24-38(25-29-42)37-16-7-3-8-17-37)43-30-26-41(27-31-43)51(34-13-6-14-35-51)40-20-11-5-12-21-40/h3-5,7-12,15-33,36H,6,13-14,34-35H2,1-2H3. The average molecular weight is 672 g/mol. The Bertz CT molecular complexity index is 2310. The molecule has 0 spiro atoms.